The molecule has 31 heavy (non-hydrogen) atoms. The Hall–Kier alpha value is -4.06. The standard InChI is InChI=1S/C17H12FNO2.C8H11NO/c18-14-7-3-4-8-16(14)21-17(20)13-9-11-5-1-2-6-12(11)10-15(13)19;1-5-3-7(9)4-6(2)8(5)10/h1-10H,19H2;3-4,10H,9H2,1-2H3. The Balaban J connectivity index is 0.000000229. The van der Waals surface area contributed by atoms with Gasteiger partial charge in [-0.05, 0) is 72.1 Å². The Morgan fingerprint density at radius 2 is 1.42 bits per heavy atom. The number of nitrogens with two attached hydrogens (primary N) is 2. The predicted molar refractivity (Wildman–Crippen MR) is 122 cm³/mol. The van der Waals surface area contributed by atoms with E-state index in [1.807, 2.05) is 38.1 Å². The molecule has 0 bridgehead atoms. The molecule has 0 aliphatic heterocycles. The maximum atomic E-state index is 13.5. The van der Waals surface area contributed by atoms with Crippen molar-refractivity contribution in [2.45, 2.75) is 13.8 Å². The monoisotopic (exact) mass is 418 g/mol. The van der Waals surface area contributed by atoms with E-state index in [9.17, 15) is 14.3 Å². The SMILES string of the molecule is Cc1cc(N)cc(C)c1O.Nc1cc2ccccc2cc1C(=O)Oc1ccccc1F. The molecule has 0 saturated carbocycles. The van der Waals surface area contributed by atoms with Crippen molar-refractivity contribution in [1.29, 1.82) is 0 Å². The highest BCUT2D eigenvalue weighted by Crippen LogP contribution is 2.25. The van der Waals surface area contributed by atoms with Gasteiger partial charge in [-0.3, -0.25) is 0 Å². The summed E-state index contributed by atoms with van der Waals surface area (Å²) in [6.45, 7) is 3.66. The molecule has 0 radical (unpaired) electrons. The lowest BCUT2D eigenvalue weighted by Gasteiger charge is -2.09. The van der Waals surface area contributed by atoms with Gasteiger partial charge in [0.05, 0.1) is 5.56 Å². The number of para-hydroxylation sites is 1. The van der Waals surface area contributed by atoms with E-state index in [0.29, 0.717) is 17.1 Å². The van der Waals surface area contributed by atoms with Gasteiger partial charge in [-0.2, -0.15) is 0 Å². The van der Waals surface area contributed by atoms with Crippen molar-refractivity contribution >= 4 is 28.1 Å². The number of carbonyl (C=O) groups is 1. The summed E-state index contributed by atoms with van der Waals surface area (Å²) in [5, 5.41) is 11.1. The summed E-state index contributed by atoms with van der Waals surface area (Å²) in [5.74, 6) is -1.04. The second-order valence-corrected chi connectivity index (χ2v) is 7.11. The average Bonchev–Trinajstić information content (AvgIpc) is 2.73. The molecule has 4 rings (SSSR count). The summed E-state index contributed by atoms with van der Waals surface area (Å²) < 4.78 is 18.6. The average molecular weight is 418 g/mol. The molecule has 4 aromatic carbocycles. The van der Waals surface area contributed by atoms with Crippen LogP contribution in [0.15, 0.2) is 72.8 Å². The summed E-state index contributed by atoms with van der Waals surface area (Å²) in [4.78, 5) is 12.2. The van der Waals surface area contributed by atoms with Crippen LogP contribution in [0.4, 0.5) is 15.8 Å². The van der Waals surface area contributed by atoms with Crippen LogP contribution in [0.3, 0.4) is 0 Å². The molecule has 6 heteroatoms. The molecule has 0 amide bonds. The summed E-state index contributed by atoms with van der Waals surface area (Å²) in [7, 11) is 0. The minimum Gasteiger partial charge on any atom is -0.507 e. The number of carbonyl (C=O) groups excluding carboxylic acids is 1. The van der Waals surface area contributed by atoms with Gasteiger partial charge in [0.2, 0.25) is 0 Å². The van der Waals surface area contributed by atoms with Crippen LogP contribution in [0.2, 0.25) is 0 Å². The van der Waals surface area contributed by atoms with E-state index in [1.165, 1.54) is 18.2 Å². The van der Waals surface area contributed by atoms with Crippen LogP contribution < -0.4 is 16.2 Å². The van der Waals surface area contributed by atoms with Gasteiger partial charge >= 0.3 is 5.97 Å². The van der Waals surface area contributed by atoms with E-state index in [0.717, 1.165) is 21.9 Å². The lowest BCUT2D eigenvalue weighted by Crippen LogP contribution is -2.12. The molecule has 5 N–H and O–H groups in total. The summed E-state index contributed by atoms with van der Waals surface area (Å²) in [5.41, 5.74) is 14.3. The van der Waals surface area contributed by atoms with Crippen LogP contribution in [-0.2, 0) is 0 Å². The Kier molecular flexibility index (Phi) is 6.40. The molecule has 0 aromatic heterocycles. The van der Waals surface area contributed by atoms with Gasteiger partial charge in [0.25, 0.3) is 0 Å². The number of esters is 1. The van der Waals surface area contributed by atoms with Crippen LogP contribution in [0, 0.1) is 19.7 Å². The number of aromatic hydroxyl groups is 1. The van der Waals surface area contributed by atoms with Gasteiger partial charge < -0.3 is 21.3 Å². The first-order chi connectivity index (χ1) is 14.8. The van der Waals surface area contributed by atoms with Crippen LogP contribution in [0.5, 0.6) is 11.5 Å². The number of nitrogen functional groups attached to an aromatic ring is 2. The first-order valence-electron chi connectivity index (χ1n) is 9.57. The van der Waals surface area contributed by atoms with Crippen molar-refractivity contribution in [3.8, 4) is 11.5 Å². The fourth-order valence-electron chi connectivity index (χ4n) is 3.11. The van der Waals surface area contributed by atoms with Crippen molar-refractivity contribution in [3.05, 3.63) is 95.3 Å². The summed E-state index contributed by atoms with van der Waals surface area (Å²) in [6, 6.07) is 20.1. The fraction of sp³-hybridized carbons (Fsp3) is 0.0800. The van der Waals surface area contributed by atoms with E-state index >= 15 is 0 Å². The highest BCUT2D eigenvalue weighted by Gasteiger charge is 2.15. The zero-order chi connectivity index (χ0) is 22.5. The third-order valence-corrected chi connectivity index (χ3v) is 4.69. The maximum absolute atomic E-state index is 13.5. The zero-order valence-corrected chi connectivity index (χ0v) is 17.2. The van der Waals surface area contributed by atoms with E-state index in [1.54, 1.807) is 30.3 Å². The number of anilines is 2. The van der Waals surface area contributed by atoms with E-state index in [2.05, 4.69) is 0 Å². The molecular weight excluding hydrogens is 395 g/mol. The van der Waals surface area contributed by atoms with E-state index in [-0.39, 0.29) is 11.3 Å². The Labute approximate surface area is 179 Å². The number of hydrogen-bond acceptors (Lipinski definition) is 5. The number of hydrogen-bond donors (Lipinski definition) is 3. The molecular formula is C25H23FN2O3. The molecule has 5 nitrogen and oxygen atoms in total. The van der Waals surface area contributed by atoms with Crippen molar-refractivity contribution in [2.24, 2.45) is 0 Å². The van der Waals surface area contributed by atoms with Crippen LogP contribution in [-0.4, -0.2) is 11.1 Å². The lowest BCUT2D eigenvalue weighted by molar-refractivity contribution is 0.0729. The quantitative estimate of drug-likeness (QED) is 0.176. The molecule has 0 fully saturated rings. The van der Waals surface area contributed by atoms with E-state index in [4.69, 9.17) is 16.2 Å². The Bertz CT molecular complexity index is 1230. The van der Waals surface area contributed by atoms with Crippen LogP contribution >= 0.6 is 0 Å². The molecule has 0 aliphatic carbocycles. The number of halogens is 1. The molecule has 0 aliphatic rings. The number of aryl methyl sites for hydroxylation is 2. The Morgan fingerprint density at radius 1 is 0.871 bits per heavy atom. The molecule has 0 atom stereocenters. The number of phenolic OH excluding ortho intramolecular Hbond substituents is 1. The largest absolute Gasteiger partial charge is 0.507 e. The third kappa shape index (κ3) is 5.11. The number of benzene rings is 4. The van der Waals surface area contributed by atoms with Crippen molar-refractivity contribution in [1.82, 2.24) is 0 Å². The van der Waals surface area contributed by atoms with Gasteiger partial charge in [-0.25, -0.2) is 9.18 Å². The number of phenols is 1. The number of fused-ring (bicyclic) bond motifs is 1. The van der Waals surface area contributed by atoms with Crippen LogP contribution in [0.1, 0.15) is 21.5 Å². The number of rotatable bonds is 2. The predicted octanol–water partition coefficient (Wildman–Crippen LogP) is 5.37. The second kappa shape index (κ2) is 9.17. The van der Waals surface area contributed by atoms with Gasteiger partial charge in [0.1, 0.15) is 5.75 Å². The van der Waals surface area contributed by atoms with Crippen LogP contribution in [0.25, 0.3) is 10.8 Å². The first kappa shape index (κ1) is 21.6. The second-order valence-electron chi connectivity index (χ2n) is 7.11. The van der Waals surface area contributed by atoms with Crippen molar-refractivity contribution in [3.63, 3.8) is 0 Å². The summed E-state index contributed by atoms with van der Waals surface area (Å²) in [6.07, 6.45) is 0. The lowest BCUT2D eigenvalue weighted by atomic mass is 10.1. The number of ether oxygens (including phenoxy) is 1. The molecule has 158 valence electrons. The molecule has 0 saturated heterocycles. The maximum Gasteiger partial charge on any atom is 0.345 e. The fourth-order valence-corrected chi connectivity index (χ4v) is 3.11. The smallest absolute Gasteiger partial charge is 0.345 e. The highest BCUT2D eigenvalue weighted by atomic mass is 19.1. The minimum absolute atomic E-state index is 0.116. The molecule has 4 aromatic rings. The summed E-state index contributed by atoms with van der Waals surface area (Å²) >= 11 is 0. The third-order valence-electron chi connectivity index (χ3n) is 4.69. The molecule has 0 unspecified atom stereocenters. The highest BCUT2D eigenvalue weighted by molar-refractivity contribution is 6.02. The van der Waals surface area contributed by atoms with E-state index < -0.39 is 11.8 Å². The topological polar surface area (TPSA) is 98.6 Å². The van der Waals surface area contributed by atoms with Crippen molar-refractivity contribution < 1.29 is 19.0 Å². The first-order valence-corrected chi connectivity index (χ1v) is 9.57. The Morgan fingerprint density at radius 3 is 2.03 bits per heavy atom. The van der Waals surface area contributed by atoms with Gasteiger partial charge in [0, 0.05) is 11.4 Å². The zero-order valence-electron chi connectivity index (χ0n) is 17.2. The molecule has 0 spiro atoms. The van der Waals surface area contributed by atoms with Gasteiger partial charge in [-0.1, -0.05) is 36.4 Å². The van der Waals surface area contributed by atoms with Gasteiger partial charge in [0.15, 0.2) is 11.6 Å². The minimum atomic E-state index is -0.677. The molecule has 0 heterocycles. The van der Waals surface area contributed by atoms with Crippen molar-refractivity contribution in [2.75, 3.05) is 11.5 Å². The normalized spacial score (nSPS) is 10.3. The van der Waals surface area contributed by atoms with Gasteiger partial charge in [-0.15, -0.1) is 0 Å².